The van der Waals surface area contributed by atoms with Crippen molar-refractivity contribution in [2.75, 3.05) is 0 Å². The number of carbonyl (C=O) groups is 1. The minimum absolute atomic E-state index is 0.0662. The van der Waals surface area contributed by atoms with Gasteiger partial charge in [-0.2, -0.15) is 0 Å². The van der Waals surface area contributed by atoms with E-state index in [2.05, 4.69) is 10.3 Å². The van der Waals surface area contributed by atoms with E-state index >= 15 is 0 Å². The smallest absolute Gasteiger partial charge is 0.225 e. The molecule has 0 saturated heterocycles. The number of nitrogens with zero attached hydrogens (tertiary/aromatic N) is 1. The lowest BCUT2D eigenvalue weighted by Gasteiger charge is -2.17. The third-order valence-electron chi connectivity index (χ3n) is 2.77. The first-order valence-corrected chi connectivity index (χ1v) is 7.12. The van der Waals surface area contributed by atoms with Crippen molar-refractivity contribution in [3.05, 3.63) is 41.4 Å². The molecule has 0 spiro atoms. The van der Waals surface area contributed by atoms with Gasteiger partial charge in [-0.1, -0.05) is 45.0 Å². The Morgan fingerprint density at radius 2 is 1.95 bits per heavy atom. The zero-order valence-electron chi connectivity index (χ0n) is 11.4. The van der Waals surface area contributed by atoms with Crippen LogP contribution in [0.3, 0.4) is 0 Å². The summed E-state index contributed by atoms with van der Waals surface area (Å²) in [6.45, 7) is 6.30. The Hall–Kier alpha value is -1.68. The van der Waals surface area contributed by atoms with Crippen LogP contribution in [-0.4, -0.2) is 10.9 Å². The summed E-state index contributed by atoms with van der Waals surface area (Å²) in [6.07, 6.45) is 1.80. The van der Waals surface area contributed by atoms with Crippen LogP contribution in [0.25, 0.3) is 10.6 Å². The topological polar surface area (TPSA) is 42.0 Å². The van der Waals surface area contributed by atoms with Gasteiger partial charge in [0.25, 0.3) is 0 Å². The number of hydrogen-bond acceptors (Lipinski definition) is 3. The standard InChI is InChI=1S/C15H18N2OS/c1-15(2,3)14(18)17-10-11-4-6-12(7-5-11)13-16-8-9-19-13/h4-9H,10H2,1-3H3,(H,17,18). The van der Waals surface area contributed by atoms with Gasteiger partial charge in [0.05, 0.1) is 0 Å². The third kappa shape index (κ3) is 3.64. The van der Waals surface area contributed by atoms with Gasteiger partial charge in [-0.3, -0.25) is 4.79 Å². The van der Waals surface area contributed by atoms with Crippen LogP contribution in [0.4, 0.5) is 0 Å². The zero-order chi connectivity index (χ0) is 13.9. The van der Waals surface area contributed by atoms with E-state index in [1.165, 1.54) is 0 Å². The van der Waals surface area contributed by atoms with Crippen molar-refractivity contribution in [1.29, 1.82) is 0 Å². The fourth-order valence-corrected chi connectivity index (χ4v) is 2.22. The van der Waals surface area contributed by atoms with Gasteiger partial charge in [0.15, 0.2) is 0 Å². The van der Waals surface area contributed by atoms with E-state index in [1.54, 1.807) is 17.5 Å². The molecule has 0 aliphatic heterocycles. The first-order chi connectivity index (χ1) is 8.97. The fraction of sp³-hybridized carbons (Fsp3) is 0.333. The van der Waals surface area contributed by atoms with Crippen molar-refractivity contribution in [3.63, 3.8) is 0 Å². The Morgan fingerprint density at radius 3 is 2.47 bits per heavy atom. The van der Waals surface area contributed by atoms with Crippen molar-refractivity contribution >= 4 is 17.2 Å². The van der Waals surface area contributed by atoms with Gasteiger partial charge in [-0.25, -0.2) is 4.98 Å². The van der Waals surface area contributed by atoms with Crippen molar-refractivity contribution in [2.45, 2.75) is 27.3 Å². The van der Waals surface area contributed by atoms with Gasteiger partial charge in [-0.15, -0.1) is 11.3 Å². The first-order valence-electron chi connectivity index (χ1n) is 6.24. The van der Waals surface area contributed by atoms with Gasteiger partial charge in [0.2, 0.25) is 5.91 Å². The highest BCUT2D eigenvalue weighted by Crippen LogP contribution is 2.21. The summed E-state index contributed by atoms with van der Waals surface area (Å²) in [5.41, 5.74) is 1.86. The molecule has 0 bridgehead atoms. The van der Waals surface area contributed by atoms with E-state index < -0.39 is 0 Å². The molecule has 2 aromatic rings. The number of nitrogens with one attached hydrogen (secondary N) is 1. The van der Waals surface area contributed by atoms with E-state index in [4.69, 9.17) is 0 Å². The van der Waals surface area contributed by atoms with Crippen LogP contribution < -0.4 is 5.32 Å². The van der Waals surface area contributed by atoms with Crippen LogP contribution in [0, 0.1) is 5.41 Å². The van der Waals surface area contributed by atoms with Gasteiger partial charge < -0.3 is 5.32 Å². The molecule has 4 heteroatoms. The maximum absolute atomic E-state index is 11.8. The average Bonchev–Trinajstić information content (AvgIpc) is 2.89. The molecule has 0 aliphatic rings. The fourth-order valence-electron chi connectivity index (χ4n) is 1.58. The molecular formula is C15H18N2OS. The third-order valence-corrected chi connectivity index (χ3v) is 3.59. The number of rotatable bonds is 3. The quantitative estimate of drug-likeness (QED) is 0.931. The lowest BCUT2D eigenvalue weighted by Crippen LogP contribution is -2.34. The van der Waals surface area contributed by atoms with Crippen molar-refractivity contribution < 1.29 is 4.79 Å². The Balaban J connectivity index is 1.98. The van der Waals surface area contributed by atoms with Crippen molar-refractivity contribution in [2.24, 2.45) is 5.41 Å². The number of thiazole rings is 1. The monoisotopic (exact) mass is 274 g/mol. The number of benzene rings is 1. The summed E-state index contributed by atoms with van der Waals surface area (Å²) in [6, 6.07) is 8.13. The summed E-state index contributed by atoms with van der Waals surface area (Å²) < 4.78 is 0. The molecule has 1 aromatic heterocycles. The molecule has 1 N–H and O–H groups in total. The molecule has 0 unspecified atom stereocenters. The predicted octanol–water partition coefficient (Wildman–Crippen LogP) is 3.47. The zero-order valence-corrected chi connectivity index (χ0v) is 12.3. The minimum atomic E-state index is -0.346. The largest absolute Gasteiger partial charge is 0.352 e. The van der Waals surface area contributed by atoms with Crippen LogP contribution in [-0.2, 0) is 11.3 Å². The number of carbonyl (C=O) groups excluding carboxylic acids is 1. The normalized spacial score (nSPS) is 11.3. The highest BCUT2D eigenvalue weighted by atomic mass is 32.1. The first kappa shape index (κ1) is 13.7. The highest BCUT2D eigenvalue weighted by molar-refractivity contribution is 7.13. The maximum atomic E-state index is 11.8. The molecule has 1 heterocycles. The molecule has 19 heavy (non-hydrogen) atoms. The Morgan fingerprint density at radius 1 is 1.26 bits per heavy atom. The molecule has 0 atom stereocenters. The Bertz CT molecular complexity index is 539. The van der Waals surface area contributed by atoms with E-state index in [0.717, 1.165) is 16.1 Å². The second-order valence-corrected chi connectivity index (χ2v) is 6.36. The van der Waals surface area contributed by atoms with Crippen LogP contribution in [0.2, 0.25) is 0 Å². The molecule has 2 rings (SSSR count). The molecular weight excluding hydrogens is 256 g/mol. The summed E-state index contributed by atoms with van der Waals surface area (Å²) >= 11 is 1.62. The second kappa shape index (κ2) is 5.53. The van der Waals surface area contributed by atoms with E-state index in [-0.39, 0.29) is 11.3 Å². The van der Waals surface area contributed by atoms with Crippen LogP contribution >= 0.6 is 11.3 Å². The molecule has 0 radical (unpaired) electrons. The molecule has 3 nitrogen and oxygen atoms in total. The Kier molecular flexibility index (Phi) is 4.00. The minimum Gasteiger partial charge on any atom is -0.352 e. The highest BCUT2D eigenvalue weighted by Gasteiger charge is 2.20. The SMILES string of the molecule is CC(C)(C)C(=O)NCc1ccc(-c2nccs2)cc1. The van der Waals surface area contributed by atoms with E-state index in [9.17, 15) is 4.79 Å². The van der Waals surface area contributed by atoms with Crippen molar-refractivity contribution in [1.82, 2.24) is 10.3 Å². The Labute approximate surface area is 117 Å². The van der Waals surface area contributed by atoms with Crippen LogP contribution in [0.5, 0.6) is 0 Å². The summed E-state index contributed by atoms with van der Waals surface area (Å²) in [5, 5.41) is 5.93. The molecule has 0 fully saturated rings. The van der Waals surface area contributed by atoms with Gasteiger partial charge in [-0.05, 0) is 5.56 Å². The molecule has 0 saturated carbocycles. The lowest BCUT2D eigenvalue weighted by molar-refractivity contribution is -0.128. The molecule has 1 amide bonds. The maximum Gasteiger partial charge on any atom is 0.225 e. The summed E-state index contributed by atoms with van der Waals surface area (Å²) in [4.78, 5) is 16.0. The average molecular weight is 274 g/mol. The summed E-state index contributed by atoms with van der Waals surface area (Å²) in [7, 11) is 0. The molecule has 100 valence electrons. The number of hydrogen-bond donors (Lipinski definition) is 1. The van der Waals surface area contributed by atoms with Crippen LogP contribution in [0.1, 0.15) is 26.3 Å². The number of amides is 1. The predicted molar refractivity (Wildman–Crippen MR) is 78.9 cm³/mol. The lowest BCUT2D eigenvalue weighted by atomic mass is 9.95. The van der Waals surface area contributed by atoms with Gasteiger partial charge in [0, 0.05) is 29.1 Å². The van der Waals surface area contributed by atoms with Crippen LogP contribution in [0.15, 0.2) is 35.8 Å². The van der Waals surface area contributed by atoms with E-state index in [0.29, 0.717) is 6.54 Å². The summed E-state index contributed by atoms with van der Waals surface area (Å²) in [5.74, 6) is 0.0662. The van der Waals surface area contributed by atoms with Gasteiger partial charge >= 0.3 is 0 Å². The van der Waals surface area contributed by atoms with Crippen molar-refractivity contribution in [3.8, 4) is 10.6 Å². The number of aromatic nitrogens is 1. The van der Waals surface area contributed by atoms with E-state index in [1.807, 2.05) is 50.4 Å². The van der Waals surface area contributed by atoms with Gasteiger partial charge in [0.1, 0.15) is 5.01 Å². The second-order valence-electron chi connectivity index (χ2n) is 5.47. The molecule has 0 aliphatic carbocycles. The molecule has 1 aromatic carbocycles.